The zero-order chi connectivity index (χ0) is 13.0. The molecular weight excluding hydrogens is 248 g/mol. The quantitative estimate of drug-likeness (QED) is 0.763. The van der Waals surface area contributed by atoms with Gasteiger partial charge in [0.05, 0.1) is 0 Å². The van der Waals surface area contributed by atoms with Gasteiger partial charge in [-0.1, -0.05) is 6.07 Å². The molecule has 1 aromatic carbocycles. The van der Waals surface area contributed by atoms with E-state index in [2.05, 4.69) is 0 Å². The number of likely N-dealkylation sites (N-methyl/N-ethyl adjacent to an activating group) is 1. The molecule has 1 atom stereocenters. The minimum Gasteiger partial charge on any atom is -0.342 e. The summed E-state index contributed by atoms with van der Waals surface area (Å²) < 4.78 is 26.2. The van der Waals surface area contributed by atoms with Crippen LogP contribution in [0.25, 0.3) is 0 Å². The lowest BCUT2D eigenvalue weighted by molar-refractivity contribution is -0.130. The van der Waals surface area contributed by atoms with Gasteiger partial charge in [0.1, 0.15) is 17.0 Å². The van der Waals surface area contributed by atoms with Crippen molar-refractivity contribution < 1.29 is 13.6 Å². The Hall–Kier alpha value is -1.16. The summed E-state index contributed by atoms with van der Waals surface area (Å²) in [6.45, 7) is 4.63. The van der Waals surface area contributed by atoms with Gasteiger partial charge in [0, 0.05) is 24.7 Å². The molecule has 0 aliphatic heterocycles. The number of hydrogen-bond donors (Lipinski definition) is 0. The van der Waals surface area contributed by atoms with Crippen LogP contribution in [-0.4, -0.2) is 23.9 Å². The molecule has 2 nitrogen and oxygen atoms in total. The Bertz CT molecular complexity index is 407. The highest BCUT2D eigenvalue weighted by molar-refractivity contribution is 6.30. The van der Waals surface area contributed by atoms with Crippen molar-refractivity contribution in [1.29, 1.82) is 0 Å². The van der Waals surface area contributed by atoms with Crippen molar-refractivity contribution in [3.8, 4) is 0 Å². The third kappa shape index (κ3) is 3.16. The number of amides is 1. The Morgan fingerprint density at radius 3 is 2.41 bits per heavy atom. The number of benzene rings is 1. The largest absolute Gasteiger partial charge is 0.342 e. The van der Waals surface area contributed by atoms with Crippen LogP contribution in [0.2, 0.25) is 0 Å². The molecule has 0 radical (unpaired) electrons. The van der Waals surface area contributed by atoms with Crippen LogP contribution in [0.15, 0.2) is 18.2 Å². The lowest BCUT2D eigenvalue weighted by Gasteiger charge is -2.22. The molecule has 0 aliphatic rings. The Morgan fingerprint density at radius 1 is 1.35 bits per heavy atom. The first-order chi connectivity index (χ1) is 8.01. The fourth-order valence-electron chi connectivity index (χ4n) is 1.54. The smallest absolute Gasteiger partial charge is 0.245 e. The van der Waals surface area contributed by atoms with Crippen molar-refractivity contribution in [2.24, 2.45) is 0 Å². The maximum absolute atomic E-state index is 13.4. The molecule has 1 rings (SSSR count). The highest BCUT2D eigenvalue weighted by Crippen LogP contribution is 2.26. The van der Waals surface area contributed by atoms with Crippen molar-refractivity contribution in [3.05, 3.63) is 35.4 Å². The lowest BCUT2D eigenvalue weighted by atomic mass is 10.1. The minimum atomic E-state index is -1.12. The highest BCUT2D eigenvalue weighted by atomic mass is 35.5. The summed E-state index contributed by atoms with van der Waals surface area (Å²) in [6.07, 6.45) is 0. The number of carbonyl (C=O) groups excluding carboxylic acids is 1. The third-order valence-corrected chi connectivity index (χ3v) is 2.95. The maximum Gasteiger partial charge on any atom is 0.245 e. The zero-order valence-corrected chi connectivity index (χ0v) is 10.5. The SMILES string of the molecule is CCN(CC)C(=O)C(Cl)c1ccc(F)cc1F. The van der Waals surface area contributed by atoms with Gasteiger partial charge in [0.2, 0.25) is 5.91 Å². The summed E-state index contributed by atoms with van der Waals surface area (Å²) in [5.74, 6) is -1.86. The molecule has 5 heteroatoms. The number of halogens is 3. The Morgan fingerprint density at radius 2 is 1.94 bits per heavy atom. The summed E-state index contributed by atoms with van der Waals surface area (Å²) in [7, 11) is 0. The Kier molecular flexibility index (Phi) is 4.87. The minimum absolute atomic E-state index is 0.00460. The predicted octanol–water partition coefficient (Wildman–Crippen LogP) is 3.11. The van der Waals surface area contributed by atoms with Crippen LogP contribution in [0, 0.1) is 11.6 Å². The maximum atomic E-state index is 13.4. The Balaban J connectivity index is 2.95. The van der Waals surface area contributed by atoms with E-state index in [1.165, 1.54) is 11.0 Å². The van der Waals surface area contributed by atoms with E-state index in [1.54, 1.807) is 0 Å². The molecule has 1 aromatic rings. The van der Waals surface area contributed by atoms with Crippen LogP contribution < -0.4 is 0 Å². The van der Waals surface area contributed by atoms with Gasteiger partial charge in [-0.25, -0.2) is 8.78 Å². The Labute approximate surface area is 104 Å². The summed E-state index contributed by atoms with van der Waals surface area (Å²) >= 11 is 5.91. The molecule has 1 unspecified atom stereocenters. The van der Waals surface area contributed by atoms with Gasteiger partial charge in [-0.05, 0) is 19.9 Å². The van der Waals surface area contributed by atoms with E-state index in [-0.39, 0.29) is 11.5 Å². The van der Waals surface area contributed by atoms with Crippen LogP contribution >= 0.6 is 11.6 Å². The van der Waals surface area contributed by atoms with E-state index in [1.807, 2.05) is 13.8 Å². The van der Waals surface area contributed by atoms with Crippen molar-refractivity contribution >= 4 is 17.5 Å². The van der Waals surface area contributed by atoms with Gasteiger partial charge in [0.15, 0.2) is 0 Å². The fraction of sp³-hybridized carbons (Fsp3) is 0.417. The van der Waals surface area contributed by atoms with E-state index < -0.39 is 17.0 Å². The molecule has 94 valence electrons. The summed E-state index contributed by atoms with van der Waals surface area (Å²) in [5, 5.41) is -1.12. The lowest BCUT2D eigenvalue weighted by Crippen LogP contribution is -2.33. The number of rotatable bonds is 4. The summed E-state index contributed by atoms with van der Waals surface area (Å²) in [5.41, 5.74) is 0.00460. The van der Waals surface area contributed by atoms with Crippen LogP contribution in [0.1, 0.15) is 24.8 Å². The van der Waals surface area contributed by atoms with Gasteiger partial charge in [-0.15, -0.1) is 11.6 Å². The van der Waals surface area contributed by atoms with Gasteiger partial charge < -0.3 is 4.90 Å². The molecule has 0 heterocycles. The van der Waals surface area contributed by atoms with Gasteiger partial charge in [-0.3, -0.25) is 4.79 Å². The second-order valence-electron chi connectivity index (χ2n) is 3.54. The van der Waals surface area contributed by atoms with Crippen molar-refractivity contribution in [1.82, 2.24) is 4.90 Å². The molecule has 17 heavy (non-hydrogen) atoms. The second-order valence-corrected chi connectivity index (χ2v) is 3.98. The molecule has 1 amide bonds. The molecule has 0 saturated carbocycles. The van der Waals surface area contributed by atoms with Gasteiger partial charge in [0.25, 0.3) is 0 Å². The summed E-state index contributed by atoms with van der Waals surface area (Å²) in [6, 6.07) is 3.01. The zero-order valence-electron chi connectivity index (χ0n) is 9.71. The number of carbonyl (C=O) groups is 1. The van der Waals surface area contributed by atoms with Crippen molar-refractivity contribution in [2.75, 3.05) is 13.1 Å². The molecule has 0 saturated heterocycles. The third-order valence-electron chi connectivity index (χ3n) is 2.53. The number of nitrogens with zero attached hydrogens (tertiary/aromatic N) is 1. The highest BCUT2D eigenvalue weighted by Gasteiger charge is 2.24. The molecule has 0 spiro atoms. The topological polar surface area (TPSA) is 20.3 Å². The summed E-state index contributed by atoms with van der Waals surface area (Å²) in [4.78, 5) is 13.4. The predicted molar refractivity (Wildman–Crippen MR) is 62.9 cm³/mol. The van der Waals surface area contributed by atoms with Gasteiger partial charge in [-0.2, -0.15) is 0 Å². The molecular formula is C12H14ClF2NO. The number of alkyl halides is 1. The van der Waals surface area contributed by atoms with E-state index in [0.717, 1.165) is 12.1 Å². The van der Waals surface area contributed by atoms with Crippen LogP contribution in [0.3, 0.4) is 0 Å². The fourth-order valence-corrected chi connectivity index (χ4v) is 1.85. The van der Waals surface area contributed by atoms with Crippen LogP contribution in [0.4, 0.5) is 8.78 Å². The van der Waals surface area contributed by atoms with Crippen LogP contribution in [-0.2, 0) is 4.79 Å². The first-order valence-corrected chi connectivity index (χ1v) is 5.82. The average Bonchev–Trinajstić information content (AvgIpc) is 2.29. The van der Waals surface area contributed by atoms with E-state index in [0.29, 0.717) is 13.1 Å². The van der Waals surface area contributed by atoms with E-state index >= 15 is 0 Å². The van der Waals surface area contributed by atoms with E-state index in [9.17, 15) is 13.6 Å². The molecule has 0 fully saturated rings. The van der Waals surface area contributed by atoms with Crippen molar-refractivity contribution in [2.45, 2.75) is 19.2 Å². The second kappa shape index (κ2) is 5.96. The molecule has 0 aromatic heterocycles. The van der Waals surface area contributed by atoms with Gasteiger partial charge >= 0.3 is 0 Å². The monoisotopic (exact) mass is 261 g/mol. The molecule has 0 N–H and O–H groups in total. The standard InChI is InChI=1S/C12H14ClF2NO/c1-3-16(4-2)12(17)11(13)9-6-5-8(14)7-10(9)15/h5-7,11H,3-4H2,1-2H3. The normalized spacial score (nSPS) is 12.3. The van der Waals surface area contributed by atoms with Crippen molar-refractivity contribution in [3.63, 3.8) is 0 Å². The molecule has 0 bridgehead atoms. The van der Waals surface area contributed by atoms with Crippen LogP contribution in [0.5, 0.6) is 0 Å². The average molecular weight is 262 g/mol. The number of hydrogen-bond acceptors (Lipinski definition) is 1. The first-order valence-electron chi connectivity index (χ1n) is 5.39. The van der Waals surface area contributed by atoms with E-state index in [4.69, 9.17) is 11.6 Å². The molecule has 0 aliphatic carbocycles. The first kappa shape index (κ1) is 13.9.